The molecule has 12 heteroatoms. The first-order valence-electron chi connectivity index (χ1n) is 14.1. The number of ketones is 1. The molecule has 238 valence electrons. The summed E-state index contributed by atoms with van der Waals surface area (Å²) in [5.41, 5.74) is 1.93. The van der Waals surface area contributed by atoms with Gasteiger partial charge in [-0.1, -0.05) is 41.9 Å². The van der Waals surface area contributed by atoms with E-state index in [-0.39, 0.29) is 30.1 Å². The molecule has 0 aliphatic carbocycles. The monoisotopic (exact) mass is 646 g/mol. The third-order valence-corrected chi connectivity index (χ3v) is 7.08. The second-order valence-electron chi connectivity index (χ2n) is 9.90. The molecule has 0 spiro atoms. The number of benzene rings is 3. The van der Waals surface area contributed by atoms with Crippen molar-refractivity contribution >= 4 is 41.1 Å². The summed E-state index contributed by atoms with van der Waals surface area (Å²) in [4.78, 5) is 63.3. The lowest BCUT2D eigenvalue weighted by molar-refractivity contribution is -0.119. The second-order valence-corrected chi connectivity index (χ2v) is 10.3. The van der Waals surface area contributed by atoms with Crippen LogP contribution in [0.2, 0.25) is 5.02 Å². The topological polar surface area (TPSA) is 139 Å². The number of halogens is 1. The fourth-order valence-electron chi connectivity index (χ4n) is 4.64. The molecule has 0 aliphatic heterocycles. The van der Waals surface area contributed by atoms with Crippen LogP contribution in [0.4, 0.5) is 10.5 Å². The van der Waals surface area contributed by atoms with Crippen LogP contribution in [-0.2, 0) is 25.4 Å². The first-order chi connectivity index (χ1) is 22.1. The van der Waals surface area contributed by atoms with Crippen LogP contribution in [0.5, 0.6) is 5.75 Å². The summed E-state index contributed by atoms with van der Waals surface area (Å²) >= 11 is 6.23. The SMILES string of the molecule is CCOC(=O)OCOC(=O)c1ccc(NC(=O)[C@@H](Cc2ccccc2)n2cc(OC)c(-c3cc(Cl)ccc3C(C)=O)cc2=O)cc1. The van der Waals surface area contributed by atoms with Crippen molar-refractivity contribution in [2.45, 2.75) is 26.3 Å². The van der Waals surface area contributed by atoms with Gasteiger partial charge in [-0.25, -0.2) is 9.59 Å². The molecule has 0 fully saturated rings. The first-order valence-corrected chi connectivity index (χ1v) is 14.5. The van der Waals surface area contributed by atoms with Crippen molar-refractivity contribution in [1.82, 2.24) is 4.57 Å². The van der Waals surface area contributed by atoms with Crippen LogP contribution in [0, 0.1) is 0 Å². The zero-order valence-electron chi connectivity index (χ0n) is 25.3. The largest absolute Gasteiger partial charge is 0.511 e. The number of hydrogen-bond acceptors (Lipinski definition) is 9. The number of nitrogens with one attached hydrogen (secondary N) is 1. The lowest BCUT2D eigenvalue weighted by atomic mass is 9.97. The van der Waals surface area contributed by atoms with E-state index in [2.05, 4.69) is 14.8 Å². The Bertz CT molecular complexity index is 1790. The molecular weight excluding hydrogens is 616 g/mol. The van der Waals surface area contributed by atoms with Gasteiger partial charge >= 0.3 is 12.1 Å². The minimum absolute atomic E-state index is 0.116. The highest BCUT2D eigenvalue weighted by molar-refractivity contribution is 6.31. The van der Waals surface area contributed by atoms with E-state index in [1.807, 2.05) is 30.3 Å². The van der Waals surface area contributed by atoms with Crippen LogP contribution in [0.15, 0.2) is 89.9 Å². The molecule has 1 aromatic heterocycles. The molecule has 4 rings (SSSR count). The number of Topliss-reactive ketones (excluding diaryl/α,β-unsaturated/α-hetero) is 1. The van der Waals surface area contributed by atoms with E-state index < -0.39 is 36.4 Å². The van der Waals surface area contributed by atoms with Crippen molar-refractivity contribution < 1.29 is 38.1 Å². The highest BCUT2D eigenvalue weighted by atomic mass is 35.5. The maximum absolute atomic E-state index is 13.8. The number of hydrogen-bond donors (Lipinski definition) is 1. The molecule has 11 nitrogen and oxygen atoms in total. The van der Waals surface area contributed by atoms with Gasteiger partial charge in [-0.2, -0.15) is 0 Å². The number of carbonyl (C=O) groups is 4. The minimum Gasteiger partial charge on any atom is -0.495 e. The number of nitrogens with zero attached hydrogens (tertiary/aromatic N) is 1. The molecule has 0 aliphatic rings. The van der Waals surface area contributed by atoms with Crippen LogP contribution in [0.25, 0.3) is 11.1 Å². The number of amides is 1. The summed E-state index contributed by atoms with van der Waals surface area (Å²) in [6.45, 7) is 2.51. The number of carbonyl (C=O) groups excluding carboxylic acids is 4. The fraction of sp³-hybridized carbons (Fsp3) is 0.206. The van der Waals surface area contributed by atoms with Gasteiger partial charge in [-0.3, -0.25) is 19.0 Å². The lowest BCUT2D eigenvalue weighted by Gasteiger charge is -2.22. The number of aromatic nitrogens is 1. The molecule has 4 aromatic rings. The molecule has 0 saturated heterocycles. The standard InChI is InChI=1S/C34H31ClN2O9/c1-4-44-34(42)46-20-45-33(41)23-10-13-25(14-11-23)36-32(40)29(16-22-8-6-5-7-9-22)37-19-30(43-3)28(18-31(37)39)27-17-24(35)12-15-26(27)21(2)38/h5-15,17-19,29H,4,16,20H2,1-3H3,(H,36,40)/t29-/m1/s1. The maximum Gasteiger partial charge on any atom is 0.511 e. The smallest absolute Gasteiger partial charge is 0.495 e. The number of anilines is 1. The Balaban J connectivity index is 1.62. The normalized spacial score (nSPS) is 11.2. The van der Waals surface area contributed by atoms with Crippen molar-refractivity contribution in [3.8, 4) is 16.9 Å². The summed E-state index contributed by atoms with van der Waals surface area (Å²) in [5.74, 6) is -1.23. The van der Waals surface area contributed by atoms with Gasteiger partial charge in [-0.05, 0) is 67.4 Å². The van der Waals surface area contributed by atoms with Crippen LogP contribution in [-0.4, -0.2) is 48.9 Å². The molecule has 0 bridgehead atoms. The highest BCUT2D eigenvalue weighted by Crippen LogP contribution is 2.34. The predicted molar refractivity (Wildman–Crippen MR) is 170 cm³/mol. The van der Waals surface area contributed by atoms with Crippen LogP contribution < -0.4 is 15.6 Å². The van der Waals surface area contributed by atoms with E-state index in [4.69, 9.17) is 21.1 Å². The molecule has 0 unspecified atom stereocenters. The van der Waals surface area contributed by atoms with E-state index in [1.54, 1.807) is 25.1 Å². The van der Waals surface area contributed by atoms with E-state index in [9.17, 15) is 24.0 Å². The van der Waals surface area contributed by atoms with Crippen LogP contribution >= 0.6 is 11.6 Å². The van der Waals surface area contributed by atoms with Gasteiger partial charge in [0.25, 0.3) is 5.56 Å². The summed E-state index contributed by atoms with van der Waals surface area (Å²) in [6, 6.07) is 20.1. The number of esters is 1. The molecular formula is C34H31ClN2O9. The Labute approximate surface area is 269 Å². The van der Waals surface area contributed by atoms with Gasteiger partial charge in [0.2, 0.25) is 12.7 Å². The van der Waals surface area contributed by atoms with Gasteiger partial charge in [-0.15, -0.1) is 0 Å². The minimum atomic E-state index is -1.02. The van der Waals surface area contributed by atoms with E-state index in [1.165, 1.54) is 55.1 Å². The third kappa shape index (κ3) is 8.39. The van der Waals surface area contributed by atoms with Crippen molar-refractivity contribution in [2.75, 3.05) is 25.8 Å². The van der Waals surface area contributed by atoms with Crippen LogP contribution in [0.1, 0.15) is 46.2 Å². The zero-order valence-corrected chi connectivity index (χ0v) is 26.0. The van der Waals surface area contributed by atoms with Crippen molar-refractivity contribution in [3.05, 3.63) is 117 Å². The Kier molecular flexibility index (Phi) is 11.3. The number of methoxy groups -OCH3 is 1. The second kappa shape index (κ2) is 15.5. The molecule has 0 radical (unpaired) electrons. The van der Waals surface area contributed by atoms with Gasteiger partial charge in [0, 0.05) is 34.3 Å². The lowest BCUT2D eigenvalue weighted by Crippen LogP contribution is -2.34. The fourth-order valence-corrected chi connectivity index (χ4v) is 4.81. The number of rotatable bonds is 12. The molecule has 46 heavy (non-hydrogen) atoms. The van der Waals surface area contributed by atoms with E-state index in [0.717, 1.165) is 5.56 Å². The predicted octanol–water partition coefficient (Wildman–Crippen LogP) is 6.09. The van der Waals surface area contributed by atoms with Crippen molar-refractivity contribution in [2.24, 2.45) is 0 Å². The quantitative estimate of drug-likeness (QED) is 0.110. The van der Waals surface area contributed by atoms with E-state index >= 15 is 0 Å². The van der Waals surface area contributed by atoms with Gasteiger partial charge in [0.1, 0.15) is 11.8 Å². The molecule has 3 aromatic carbocycles. The zero-order chi connectivity index (χ0) is 33.2. The molecule has 1 atom stereocenters. The third-order valence-electron chi connectivity index (χ3n) is 6.84. The first kappa shape index (κ1) is 33.5. The van der Waals surface area contributed by atoms with Crippen molar-refractivity contribution in [3.63, 3.8) is 0 Å². The highest BCUT2D eigenvalue weighted by Gasteiger charge is 2.25. The Hall–Kier alpha value is -5.42. The molecule has 1 heterocycles. The van der Waals surface area contributed by atoms with Gasteiger partial charge in [0.05, 0.1) is 25.5 Å². The summed E-state index contributed by atoms with van der Waals surface area (Å²) in [6.07, 6.45) is 0.637. The van der Waals surface area contributed by atoms with E-state index in [0.29, 0.717) is 27.4 Å². The maximum atomic E-state index is 13.8. The molecule has 1 N–H and O–H groups in total. The summed E-state index contributed by atoms with van der Waals surface area (Å²) < 4.78 is 21.0. The summed E-state index contributed by atoms with van der Waals surface area (Å²) in [5, 5.41) is 3.17. The number of pyridine rings is 1. The average Bonchev–Trinajstić information content (AvgIpc) is 3.04. The van der Waals surface area contributed by atoms with Crippen LogP contribution in [0.3, 0.4) is 0 Å². The average molecular weight is 647 g/mol. The molecule has 0 saturated carbocycles. The Morgan fingerprint density at radius 2 is 1.61 bits per heavy atom. The molecule has 1 amide bonds. The Morgan fingerprint density at radius 1 is 0.891 bits per heavy atom. The summed E-state index contributed by atoms with van der Waals surface area (Å²) in [7, 11) is 1.42. The van der Waals surface area contributed by atoms with Gasteiger partial charge in [0.15, 0.2) is 5.78 Å². The van der Waals surface area contributed by atoms with Crippen molar-refractivity contribution in [1.29, 1.82) is 0 Å². The Morgan fingerprint density at radius 3 is 2.26 bits per heavy atom. The van der Waals surface area contributed by atoms with Gasteiger partial charge < -0.3 is 24.3 Å². The number of ether oxygens (including phenoxy) is 4.